The van der Waals surface area contributed by atoms with Gasteiger partial charge in [0.2, 0.25) is 6.41 Å². The normalized spacial score (nSPS) is 7.57. The van der Waals surface area contributed by atoms with Crippen LogP contribution < -0.4 is 5.32 Å². The summed E-state index contributed by atoms with van der Waals surface area (Å²) in [5, 5.41) is 2.77. The Morgan fingerprint density at radius 3 is 2.71 bits per heavy atom. The van der Waals surface area contributed by atoms with Crippen LogP contribution >= 0.6 is 11.6 Å². The molecule has 1 N–H and O–H groups in total. The molecule has 0 bridgehead atoms. The topological polar surface area (TPSA) is 29.1 Å². The van der Waals surface area contributed by atoms with E-state index in [1.807, 2.05) is 0 Å². The van der Waals surface area contributed by atoms with Gasteiger partial charge in [0.05, 0.1) is 6.54 Å². The van der Waals surface area contributed by atoms with E-state index < -0.39 is 0 Å². The van der Waals surface area contributed by atoms with E-state index in [4.69, 9.17) is 11.6 Å². The summed E-state index contributed by atoms with van der Waals surface area (Å²) in [5.74, 6) is 0. The number of rotatable bonds is 3. The molecule has 1 amide bonds. The van der Waals surface area contributed by atoms with E-state index in [1.54, 1.807) is 0 Å². The molecule has 0 aliphatic carbocycles. The number of nitrogens with one attached hydrogen (secondary N) is 1. The minimum Gasteiger partial charge on any atom is -0.354 e. The Balaban J connectivity index is 2.97. The molecule has 0 aromatic rings. The van der Waals surface area contributed by atoms with Crippen LogP contribution in [0.4, 0.5) is 0 Å². The van der Waals surface area contributed by atoms with Gasteiger partial charge < -0.3 is 5.32 Å². The number of hydrogen-bond donors (Lipinski definition) is 1. The van der Waals surface area contributed by atoms with Crippen LogP contribution in [0, 0.1) is 0 Å². The number of halogens is 1. The fourth-order valence-corrected chi connectivity index (χ4v) is 0.230. The van der Waals surface area contributed by atoms with Gasteiger partial charge in [-0.05, 0) is 0 Å². The van der Waals surface area contributed by atoms with Crippen LogP contribution in [0.1, 0.15) is 0 Å². The van der Waals surface area contributed by atoms with Crippen molar-refractivity contribution < 1.29 is 4.79 Å². The van der Waals surface area contributed by atoms with Crippen molar-refractivity contribution in [2.24, 2.45) is 0 Å². The van der Waals surface area contributed by atoms with Crippen molar-refractivity contribution >= 4 is 18.0 Å². The highest BCUT2D eigenvalue weighted by Gasteiger charge is 1.80. The Labute approximate surface area is 47.2 Å². The zero-order valence-corrected chi connectivity index (χ0v) is 4.53. The van der Waals surface area contributed by atoms with Crippen molar-refractivity contribution in [2.45, 2.75) is 0 Å². The van der Waals surface area contributed by atoms with Crippen molar-refractivity contribution in [3.63, 3.8) is 0 Å². The number of hydrogen-bond acceptors (Lipinski definition) is 1. The predicted octanol–water partition coefficient (Wildman–Crippen LogP) is 0.485. The third-order valence-electron chi connectivity index (χ3n) is 0.377. The first kappa shape index (κ1) is 6.50. The molecule has 0 aliphatic heterocycles. The second kappa shape index (κ2) is 3.68. The maximum absolute atomic E-state index is 9.50. The second-order valence-electron chi connectivity index (χ2n) is 1.02. The Kier molecular flexibility index (Phi) is 3.42. The van der Waals surface area contributed by atoms with Gasteiger partial charge in [0, 0.05) is 5.03 Å². The maximum Gasteiger partial charge on any atom is 0.207 e. The van der Waals surface area contributed by atoms with Gasteiger partial charge in [0.15, 0.2) is 0 Å². The van der Waals surface area contributed by atoms with Crippen LogP contribution in [0.15, 0.2) is 11.6 Å². The minimum absolute atomic E-state index is 0.352. The lowest BCUT2D eigenvalue weighted by atomic mass is 10.6. The first-order valence-corrected chi connectivity index (χ1v) is 2.15. The predicted molar refractivity (Wildman–Crippen MR) is 29.1 cm³/mol. The molecule has 0 rings (SSSR count). The average Bonchev–Trinajstić information content (AvgIpc) is 1.61. The molecule has 3 heteroatoms. The van der Waals surface area contributed by atoms with Crippen LogP contribution in [-0.2, 0) is 4.79 Å². The molecule has 0 fully saturated rings. The molecule has 0 heterocycles. The summed E-state index contributed by atoms with van der Waals surface area (Å²) in [5.41, 5.74) is 0. The summed E-state index contributed by atoms with van der Waals surface area (Å²) >= 11 is 5.24. The lowest BCUT2D eigenvalue weighted by Crippen LogP contribution is -2.11. The average molecular weight is 120 g/mol. The van der Waals surface area contributed by atoms with E-state index in [-0.39, 0.29) is 0 Å². The monoisotopic (exact) mass is 119 g/mol. The van der Waals surface area contributed by atoms with Gasteiger partial charge in [-0.15, -0.1) is 0 Å². The maximum atomic E-state index is 9.50. The van der Waals surface area contributed by atoms with Crippen LogP contribution in [0.25, 0.3) is 0 Å². The fourth-order valence-electron chi connectivity index (χ4n) is 0.152. The van der Waals surface area contributed by atoms with Crippen LogP contribution in [-0.4, -0.2) is 13.0 Å². The molecule has 0 aliphatic rings. The van der Waals surface area contributed by atoms with Crippen molar-refractivity contribution in [1.29, 1.82) is 0 Å². The fraction of sp³-hybridized carbons (Fsp3) is 0.250. The van der Waals surface area contributed by atoms with E-state index in [0.29, 0.717) is 18.0 Å². The van der Waals surface area contributed by atoms with Crippen molar-refractivity contribution in [2.75, 3.05) is 6.54 Å². The van der Waals surface area contributed by atoms with Crippen molar-refractivity contribution in [3.05, 3.63) is 11.6 Å². The van der Waals surface area contributed by atoms with E-state index in [9.17, 15) is 4.79 Å². The van der Waals surface area contributed by atoms with Gasteiger partial charge in [-0.1, -0.05) is 18.2 Å². The van der Waals surface area contributed by atoms with Crippen LogP contribution in [0.2, 0.25) is 0 Å². The number of amides is 1. The van der Waals surface area contributed by atoms with Gasteiger partial charge in [0.1, 0.15) is 0 Å². The smallest absolute Gasteiger partial charge is 0.207 e. The zero-order valence-electron chi connectivity index (χ0n) is 3.78. The van der Waals surface area contributed by atoms with Crippen molar-refractivity contribution in [1.82, 2.24) is 5.32 Å². The highest BCUT2D eigenvalue weighted by Crippen LogP contribution is 1.89. The Morgan fingerprint density at radius 2 is 2.57 bits per heavy atom. The molecular formula is C4H6ClNO. The third kappa shape index (κ3) is 5.50. The largest absolute Gasteiger partial charge is 0.354 e. The van der Waals surface area contributed by atoms with E-state index in [1.165, 1.54) is 0 Å². The lowest BCUT2D eigenvalue weighted by Gasteiger charge is -1.89. The summed E-state index contributed by atoms with van der Waals surface area (Å²) in [4.78, 5) is 9.50. The molecule has 0 aromatic carbocycles. The minimum atomic E-state index is 0.352. The standard InChI is InChI=1S/C4H6ClNO/c1-4(5)2-6-3-7/h3H,1-2H2,(H,6,7). The molecule has 7 heavy (non-hydrogen) atoms. The molecule has 0 atom stereocenters. The Bertz CT molecular complexity index is 81.8. The Hall–Kier alpha value is -0.500. The zero-order chi connectivity index (χ0) is 5.70. The molecule has 0 saturated carbocycles. The molecule has 0 aromatic heterocycles. The molecule has 0 unspecified atom stereocenters. The molecule has 0 radical (unpaired) electrons. The van der Waals surface area contributed by atoms with E-state index in [2.05, 4.69) is 11.9 Å². The Morgan fingerprint density at radius 1 is 2.00 bits per heavy atom. The summed E-state index contributed by atoms with van der Waals surface area (Å²) in [6, 6.07) is 0. The summed E-state index contributed by atoms with van der Waals surface area (Å²) in [6.07, 6.45) is 0.577. The quantitative estimate of drug-likeness (QED) is 0.538. The summed E-state index contributed by atoms with van der Waals surface area (Å²) in [6.45, 7) is 3.69. The first-order chi connectivity index (χ1) is 3.27. The number of carbonyl (C=O) groups is 1. The molecular weight excluding hydrogens is 114 g/mol. The first-order valence-electron chi connectivity index (χ1n) is 1.77. The highest BCUT2D eigenvalue weighted by atomic mass is 35.5. The van der Waals surface area contributed by atoms with Gasteiger partial charge in [-0.2, -0.15) is 0 Å². The summed E-state index contributed by atoms with van der Waals surface area (Å²) < 4.78 is 0. The van der Waals surface area contributed by atoms with Gasteiger partial charge in [0.25, 0.3) is 0 Å². The SMILES string of the molecule is C=C(Cl)CNC=O. The van der Waals surface area contributed by atoms with Crippen molar-refractivity contribution in [3.8, 4) is 0 Å². The molecule has 0 saturated heterocycles. The number of carbonyl (C=O) groups excluding carboxylic acids is 1. The molecule has 2 nitrogen and oxygen atoms in total. The van der Waals surface area contributed by atoms with Gasteiger partial charge >= 0.3 is 0 Å². The lowest BCUT2D eigenvalue weighted by molar-refractivity contribution is -0.109. The summed E-state index contributed by atoms with van der Waals surface area (Å²) in [7, 11) is 0. The van der Waals surface area contributed by atoms with Gasteiger partial charge in [-0.3, -0.25) is 4.79 Å². The third-order valence-corrected chi connectivity index (χ3v) is 0.511. The molecule has 0 spiro atoms. The van der Waals surface area contributed by atoms with Gasteiger partial charge in [-0.25, -0.2) is 0 Å². The molecule has 40 valence electrons. The van der Waals surface area contributed by atoms with E-state index in [0.717, 1.165) is 0 Å². The van der Waals surface area contributed by atoms with Crippen LogP contribution in [0.5, 0.6) is 0 Å². The van der Waals surface area contributed by atoms with Crippen LogP contribution in [0.3, 0.4) is 0 Å². The second-order valence-corrected chi connectivity index (χ2v) is 1.55. The van der Waals surface area contributed by atoms with E-state index >= 15 is 0 Å². The highest BCUT2D eigenvalue weighted by molar-refractivity contribution is 6.29.